The first-order chi connectivity index (χ1) is 20.7. The number of amides is 2. The highest BCUT2D eigenvalue weighted by Crippen LogP contribution is 2.41. The van der Waals surface area contributed by atoms with E-state index in [0.29, 0.717) is 13.1 Å². The van der Waals surface area contributed by atoms with Gasteiger partial charge in [0.2, 0.25) is 0 Å². The molecule has 0 radical (unpaired) electrons. The van der Waals surface area contributed by atoms with Gasteiger partial charge in [-0.1, -0.05) is 27.7 Å². The van der Waals surface area contributed by atoms with Gasteiger partial charge in [0.25, 0.3) is 11.8 Å². The third-order valence-electron chi connectivity index (χ3n) is 7.11. The highest BCUT2D eigenvalue weighted by atomic mass is 19.1. The fourth-order valence-corrected chi connectivity index (χ4v) is 5.49. The topological polar surface area (TPSA) is 93.2 Å². The van der Waals surface area contributed by atoms with E-state index in [1.54, 1.807) is 13.8 Å². The van der Waals surface area contributed by atoms with E-state index in [1.165, 1.54) is 9.80 Å². The van der Waals surface area contributed by atoms with E-state index in [0.717, 1.165) is 24.3 Å². The van der Waals surface area contributed by atoms with E-state index in [4.69, 9.17) is 9.47 Å². The normalized spacial score (nSPS) is 17.1. The number of carbonyl (C=O) groups excluding carboxylic acids is 4. The van der Waals surface area contributed by atoms with Crippen LogP contribution in [0.4, 0.5) is 17.6 Å². The van der Waals surface area contributed by atoms with Crippen LogP contribution < -0.4 is 0 Å². The molecular formula is C32H38F4N2O6. The van der Waals surface area contributed by atoms with E-state index in [-0.39, 0.29) is 60.1 Å². The van der Waals surface area contributed by atoms with E-state index in [9.17, 15) is 36.7 Å². The van der Waals surface area contributed by atoms with Crippen molar-refractivity contribution in [3.63, 3.8) is 0 Å². The maximum absolute atomic E-state index is 14.1. The highest BCUT2D eigenvalue weighted by molar-refractivity contribution is 6.00. The first-order valence-corrected chi connectivity index (χ1v) is 14.6. The summed E-state index contributed by atoms with van der Waals surface area (Å²) in [7, 11) is 0. The van der Waals surface area contributed by atoms with Crippen molar-refractivity contribution in [2.75, 3.05) is 26.3 Å². The molecule has 4 rings (SSSR count). The summed E-state index contributed by atoms with van der Waals surface area (Å²) in [5, 5.41) is 0. The summed E-state index contributed by atoms with van der Waals surface area (Å²) in [5.41, 5.74) is -0.623. The number of nitrogens with zero attached hydrogens (tertiary/aromatic N) is 2. The lowest BCUT2D eigenvalue weighted by Crippen LogP contribution is -2.33. The number of esters is 2. The van der Waals surface area contributed by atoms with Crippen molar-refractivity contribution in [2.24, 2.45) is 11.8 Å². The number of carbonyl (C=O) groups is 4. The number of hydrogen-bond acceptors (Lipinski definition) is 6. The summed E-state index contributed by atoms with van der Waals surface area (Å²) in [6, 6.07) is 2.20. The molecule has 2 aromatic carbocycles. The van der Waals surface area contributed by atoms with Gasteiger partial charge in [-0.15, -0.1) is 0 Å². The van der Waals surface area contributed by atoms with Gasteiger partial charge in [0.15, 0.2) is 0 Å². The van der Waals surface area contributed by atoms with Crippen LogP contribution in [-0.4, -0.2) is 59.9 Å². The Bertz CT molecular complexity index is 1310. The molecule has 8 nitrogen and oxygen atoms in total. The zero-order chi connectivity index (χ0) is 32.9. The third kappa shape index (κ3) is 7.39. The molecule has 2 aromatic rings. The van der Waals surface area contributed by atoms with Crippen LogP contribution in [0.15, 0.2) is 24.3 Å². The minimum atomic E-state index is -0.820. The predicted octanol–water partition coefficient (Wildman–Crippen LogP) is 6.14. The van der Waals surface area contributed by atoms with Crippen molar-refractivity contribution in [1.82, 2.24) is 9.80 Å². The van der Waals surface area contributed by atoms with E-state index >= 15 is 0 Å². The monoisotopic (exact) mass is 622 g/mol. The number of halogens is 4. The van der Waals surface area contributed by atoms with Crippen LogP contribution >= 0.6 is 0 Å². The predicted molar refractivity (Wildman–Crippen MR) is 152 cm³/mol. The molecule has 0 fully saturated rings. The van der Waals surface area contributed by atoms with Crippen LogP contribution in [0.1, 0.15) is 98.3 Å². The summed E-state index contributed by atoms with van der Waals surface area (Å²) in [5.74, 6) is -4.89. The molecule has 12 heteroatoms. The van der Waals surface area contributed by atoms with Gasteiger partial charge in [-0.25, -0.2) is 17.6 Å². The van der Waals surface area contributed by atoms with Gasteiger partial charge in [-0.3, -0.25) is 19.2 Å². The first kappa shape index (κ1) is 34.5. The Labute approximate surface area is 254 Å². The van der Waals surface area contributed by atoms with Crippen LogP contribution in [0, 0.1) is 35.1 Å². The number of rotatable bonds is 10. The standard InChI is InChI=1S/2C16H19F2NO3/c2*1-4-22-13(20)7-12-14-10(17)5-6-11(18)15(14)16(21)19(12)8-9(2)3/h2*5-6,9,12H,4,7-8H2,1-3H3. The summed E-state index contributed by atoms with van der Waals surface area (Å²) in [6.45, 7) is 11.9. The zero-order valence-corrected chi connectivity index (χ0v) is 25.7. The van der Waals surface area contributed by atoms with Gasteiger partial charge in [0.05, 0.1) is 49.3 Å². The Morgan fingerprint density at radius 3 is 1.27 bits per heavy atom. The summed E-state index contributed by atoms with van der Waals surface area (Å²) < 4.78 is 66.0. The fraction of sp³-hybridized carbons (Fsp3) is 0.500. The smallest absolute Gasteiger partial charge is 0.308 e. The molecule has 2 atom stereocenters. The van der Waals surface area contributed by atoms with Crippen molar-refractivity contribution in [2.45, 2.75) is 66.5 Å². The molecule has 0 bridgehead atoms. The number of ether oxygens (including phenoxy) is 2. The van der Waals surface area contributed by atoms with Crippen LogP contribution in [0.5, 0.6) is 0 Å². The summed E-state index contributed by atoms with van der Waals surface area (Å²) >= 11 is 0. The second kappa shape index (κ2) is 14.7. The summed E-state index contributed by atoms with van der Waals surface area (Å²) in [6.07, 6.45) is -0.362. The molecule has 0 spiro atoms. The Hall–Kier alpha value is -3.96. The SMILES string of the molecule is CCOC(=O)CC1c2c(F)ccc(F)c2C(=O)N1CC(C)C.CCOC(=O)CC1c2c(F)ccc(F)c2C(=O)N1CC(C)C. The second-order valence-electron chi connectivity index (χ2n) is 11.4. The maximum Gasteiger partial charge on any atom is 0.308 e. The highest BCUT2D eigenvalue weighted by Gasteiger charge is 2.43. The minimum Gasteiger partial charge on any atom is -0.466 e. The maximum atomic E-state index is 14.1. The quantitative estimate of drug-likeness (QED) is 0.234. The lowest BCUT2D eigenvalue weighted by Gasteiger charge is -2.26. The van der Waals surface area contributed by atoms with Gasteiger partial charge in [-0.2, -0.15) is 0 Å². The van der Waals surface area contributed by atoms with E-state index in [2.05, 4.69) is 0 Å². The zero-order valence-electron chi connectivity index (χ0n) is 25.7. The van der Waals surface area contributed by atoms with Crippen molar-refractivity contribution in [1.29, 1.82) is 0 Å². The molecule has 2 amide bonds. The van der Waals surface area contributed by atoms with Crippen LogP contribution in [-0.2, 0) is 19.1 Å². The number of benzene rings is 2. The Balaban J connectivity index is 0.000000240. The van der Waals surface area contributed by atoms with Crippen molar-refractivity contribution < 1.29 is 46.2 Å². The van der Waals surface area contributed by atoms with Crippen molar-refractivity contribution in [3.8, 4) is 0 Å². The van der Waals surface area contributed by atoms with Crippen molar-refractivity contribution >= 4 is 23.8 Å². The molecule has 0 aliphatic carbocycles. The fourth-order valence-electron chi connectivity index (χ4n) is 5.49. The van der Waals surface area contributed by atoms with Crippen LogP contribution in [0.2, 0.25) is 0 Å². The average molecular weight is 623 g/mol. The molecule has 0 N–H and O–H groups in total. The minimum absolute atomic E-state index is 0.0429. The first-order valence-electron chi connectivity index (χ1n) is 14.6. The molecule has 2 heterocycles. The van der Waals surface area contributed by atoms with Gasteiger partial charge in [0, 0.05) is 24.2 Å². The van der Waals surface area contributed by atoms with Crippen LogP contribution in [0.25, 0.3) is 0 Å². The van der Waals surface area contributed by atoms with Crippen molar-refractivity contribution in [3.05, 3.63) is 69.8 Å². The molecule has 0 saturated heterocycles. The lowest BCUT2D eigenvalue weighted by molar-refractivity contribution is -0.145. The van der Waals surface area contributed by atoms with E-state index in [1.807, 2.05) is 27.7 Å². The molecule has 0 aromatic heterocycles. The number of fused-ring (bicyclic) bond motifs is 2. The van der Waals surface area contributed by atoms with Gasteiger partial charge in [0.1, 0.15) is 23.3 Å². The van der Waals surface area contributed by atoms with Gasteiger partial charge in [-0.05, 0) is 49.9 Å². The molecule has 240 valence electrons. The molecule has 2 unspecified atom stereocenters. The molecule has 2 aliphatic heterocycles. The molecule has 44 heavy (non-hydrogen) atoms. The molecule has 0 saturated carbocycles. The van der Waals surface area contributed by atoms with Gasteiger partial charge < -0.3 is 19.3 Å². The molecular weight excluding hydrogens is 584 g/mol. The Kier molecular flexibility index (Phi) is 11.5. The average Bonchev–Trinajstić information content (AvgIpc) is 3.36. The van der Waals surface area contributed by atoms with Gasteiger partial charge >= 0.3 is 11.9 Å². The second-order valence-corrected chi connectivity index (χ2v) is 11.4. The Morgan fingerprint density at radius 2 is 0.977 bits per heavy atom. The third-order valence-corrected chi connectivity index (χ3v) is 7.11. The van der Waals surface area contributed by atoms with E-state index < -0.39 is 59.1 Å². The Morgan fingerprint density at radius 1 is 0.659 bits per heavy atom. The largest absolute Gasteiger partial charge is 0.466 e. The summed E-state index contributed by atoms with van der Waals surface area (Å²) in [4.78, 5) is 51.1. The number of hydrogen-bond donors (Lipinski definition) is 0. The molecule has 2 aliphatic rings. The lowest BCUT2D eigenvalue weighted by atomic mass is 10.0. The van der Waals surface area contributed by atoms with Crippen LogP contribution in [0.3, 0.4) is 0 Å².